The predicted octanol–water partition coefficient (Wildman–Crippen LogP) is 19.9. The average molecular weight is 1030 g/mol. The Morgan fingerprint density at radius 2 is 0.493 bits per heavy atom. The van der Waals surface area contributed by atoms with Crippen molar-refractivity contribution in [2.24, 2.45) is 0 Å². The highest BCUT2D eigenvalue weighted by molar-refractivity contribution is 5.71. The number of esters is 3. The molecule has 0 N–H and O–H groups in total. The van der Waals surface area contributed by atoms with Gasteiger partial charge in [0, 0.05) is 19.3 Å². The number of carbonyl (C=O) groups is 3. The molecule has 0 heterocycles. The van der Waals surface area contributed by atoms with Crippen molar-refractivity contribution >= 4 is 17.9 Å². The van der Waals surface area contributed by atoms with Crippen molar-refractivity contribution in [1.29, 1.82) is 0 Å². The topological polar surface area (TPSA) is 78.9 Å². The van der Waals surface area contributed by atoms with Gasteiger partial charge in [-0.2, -0.15) is 0 Å². The van der Waals surface area contributed by atoms with Crippen LogP contribution in [0.5, 0.6) is 0 Å². The first-order valence-corrected chi connectivity index (χ1v) is 28.9. The van der Waals surface area contributed by atoms with Gasteiger partial charge in [-0.05, 0) is 154 Å². The third-order valence-electron chi connectivity index (χ3n) is 11.1. The maximum Gasteiger partial charge on any atom is 0.306 e. The van der Waals surface area contributed by atoms with Crippen molar-refractivity contribution in [3.05, 3.63) is 194 Å². The molecule has 414 valence electrons. The van der Waals surface area contributed by atoms with Gasteiger partial charge in [0.1, 0.15) is 13.2 Å². The Hall–Kier alpha value is -5.75. The van der Waals surface area contributed by atoms with E-state index in [1.165, 1.54) is 0 Å². The van der Waals surface area contributed by atoms with E-state index in [2.05, 4.69) is 215 Å². The summed E-state index contributed by atoms with van der Waals surface area (Å²) in [7, 11) is 0. The molecule has 0 aromatic carbocycles. The number of unbranched alkanes of at least 4 members (excludes halogenated alkanes) is 6. The molecule has 0 aliphatic carbocycles. The second kappa shape index (κ2) is 60.8. The number of hydrogen-bond donors (Lipinski definition) is 0. The minimum absolute atomic E-state index is 0.141. The quantitative estimate of drug-likeness (QED) is 0.0261. The SMILES string of the molecule is CC/C=C\C/C=C\C/C=C\C/C=C\C/C=C\C/C=C\C/C=C\C/C=C\CCCCC(=O)OCC(COC(=O)CCCCC/C=C\C/C=C\C/C=C\CC)OC(=O)CCC/C=C\C/C=C\C/C=C\C/C=C\C/C=C\CC. The van der Waals surface area contributed by atoms with Crippen LogP contribution in [0.15, 0.2) is 194 Å². The van der Waals surface area contributed by atoms with E-state index in [0.717, 1.165) is 148 Å². The van der Waals surface area contributed by atoms with E-state index < -0.39 is 12.1 Å². The van der Waals surface area contributed by atoms with Crippen molar-refractivity contribution in [3.8, 4) is 0 Å². The van der Waals surface area contributed by atoms with Crippen molar-refractivity contribution in [3.63, 3.8) is 0 Å². The van der Waals surface area contributed by atoms with Crippen LogP contribution in [-0.2, 0) is 28.6 Å². The molecular weight excluding hydrogens is 925 g/mol. The van der Waals surface area contributed by atoms with Gasteiger partial charge in [0.2, 0.25) is 0 Å². The second-order valence-corrected chi connectivity index (χ2v) is 18.0. The summed E-state index contributed by atoms with van der Waals surface area (Å²) < 4.78 is 16.7. The van der Waals surface area contributed by atoms with Crippen LogP contribution in [0.4, 0.5) is 0 Å². The van der Waals surface area contributed by atoms with Gasteiger partial charge >= 0.3 is 17.9 Å². The first kappa shape index (κ1) is 69.2. The fourth-order valence-electron chi connectivity index (χ4n) is 6.86. The standard InChI is InChI=1S/C69H102O6/c1-4-7-10-13-16-19-22-25-27-29-30-31-32-33-34-35-36-37-38-40-41-44-47-50-53-56-59-62-68(71)74-65-66(64-73-67(70)61-58-55-52-49-46-43-24-21-18-15-12-9-6-3)75-69(72)63-60-57-54-51-48-45-42-39-28-26-23-20-17-14-11-8-5-2/h7-12,16-21,25-28,30-31,33-34,36-37,40-43,45-47,50-51,54,66H,4-6,13-15,22-24,29,32,35,38-39,44,48-49,52-53,55-65H2,1-3H3/b10-7-,11-8-,12-9-,19-16-,20-17-,21-18-,27-25-,28-26-,31-30-,34-33-,37-36-,41-40-,45-42-,46-43-,50-47-,54-51-. The zero-order valence-corrected chi connectivity index (χ0v) is 47.2. The van der Waals surface area contributed by atoms with E-state index in [9.17, 15) is 14.4 Å². The van der Waals surface area contributed by atoms with Gasteiger partial charge in [-0.1, -0.05) is 222 Å². The molecule has 0 aliphatic heterocycles. The van der Waals surface area contributed by atoms with Gasteiger partial charge in [0.15, 0.2) is 6.10 Å². The summed E-state index contributed by atoms with van der Waals surface area (Å²) in [6, 6.07) is 0. The van der Waals surface area contributed by atoms with Crippen molar-refractivity contribution < 1.29 is 28.6 Å². The summed E-state index contributed by atoms with van der Waals surface area (Å²) in [4.78, 5) is 38.1. The minimum Gasteiger partial charge on any atom is -0.462 e. The lowest BCUT2D eigenvalue weighted by molar-refractivity contribution is -0.167. The molecule has 0 aromatic heterocycles. The molecule has 0 aliphatic rings. The highest BCUT2D eigenvalue weighted by atomic mass is 16.6. The van der Waals surface area contributed by atoms with Crippen LogP contribution >= 0.6 is 0 Å². The molecular formula is C69H102O6. The minimum atomic E-state index is -0.851. The Labute approximate surface area is 458 Å². The number of carbonyl (C=O) groups excluding carboxylic acids is 3. The fraction of sp³-hybridized carbons (Fsp3) is 0.493. The monoisotopic (exact) mass is 1030 g/mol. The van der Waals surface area contributed by atoms with Gasteiger partial charge in [0.05, 0.1) is 0 Å². The van der Waals surface area contributed by atoms with Crippen LogP contribution in [0.1, 0.15) is 201 Å². The Kier molecular flexibility index (Phi) is 56.1. The van der Waals surface area contributed by atoms with Crippen LogP contribution in [0, 0.1) is 0 Å². The zero-order valence-electron chi connectivity index (χ0n) is 47.2. The molecule has 0 fully saturated rings. The number of ether oxygens (including phenoxy) is 3. The molecule has 6 heteroatoms. The van der Waals surface area contributed by atoms with E-state index in [4.69, 9.17) is 14.2 Å². The lowest BCUT2D eigenvalue weighted by atomic mass is 10.1. The largest absolute Gasteiger partial charge is 0.462 e. The molecule has 6 nitrogen and oxygen atoms in total. The maximum atomic E-state index is 12.8. The first-order chi connectivity index (χ1) is 37.0. The number of allylic oxidation sites excluding steroid dienone is 32. The molecule has 0 saturated heterocycles. The van der Waals surface area contributed by atoms with Crippen LogP contribution < -0.4 is 0 Å². The van der Waals surface area contributed by atoms with Gasteiger partial charge in [-0.15, -0.1) is 0 Å². The Balaban J connectivity index is 4.57. The molecule has 75 heavy (non-hydrogen) atoms. The van der Waals surface area contributed by atoms with Crippen molar-refractivity contribution in [1.82, 2.24) is 0 Å². The normalized spacial score (nSPS) is 13.6. The lowest BCUT2D eigenvalue weighted by Gasteiger charge is -2.18. The van der Waals surface area contributed by atoms with E-state index in [1.807, 2.05) is 0 Å². The number of hydrogen-bond acceptors (Lipinski definition) is 6. The summed E-state index contributed by atoms with van der Waals surface area (Å²) in [6.07, 6.45) is 92.9. The molecule has 0 spiro atoms. The first-order valence-electron chi connectivity index (χ1n) is 28.9. The highest BCUT2D eigenvalue weighted by Crippen LogP contribution is 2.10. The molecule has 0 rings (SSSR count). The smallest absolute Gasteiger partial charge is 0.306 e. The Morgan fingerprint density at radius 3 is 0.787 bits per heavy atom. The fourth-order valence-corrected chi connectivity index (χ4v) is 6.86. The van der Waals surface area contributed by atoms with Crippen molar-refractivity contribution in [2.75, 3.05) is 13.2 Å². The summed E-state index contributed by atoms with van der Waals surface area (Å²) in [5, 5.41) is 0. The van der Waals surface area contributed by atoms with Gasteiger partial charge in [-0.25, -0.2) is 0 Å². The van der Waals surface area contributed by atoms with Crippen LogP contribution in [0.25, 0.3) is 0 Å². The van der Waals surface area contributed by atoms with Gasteiger partial charge in [-0.3, -0.25) is 14.4 Å². The van der Waals surface area contributed by atoms with E-state index in [-0.39, 0.29) is 38.0 Å². The molecule has 0 amide bonds. The zero-order chi connectivity index (χ0) is 54.3. The third-order valence-corrected chi connectivity index (χ3v) is 11.1. The molecule has 1 unspecified atom stereocenters. The van der Waals surface area contributed by atoms with Crippen LogP contribution in [-0.4, -0.2) is 37.2 Å². The average Bonchev–Trinajstić information content (AvgIpc) is 3.41. The predicted molar refractivity (Wildman–Crippen MR) is 324 cm³/mol. The van der Waals surface area contributed by atoms with E-state index in [0.29, 0.717) is 19.3 Å². The highest BCUT2D eigenvalue weighted by Gasteiger charge is 2.19. The number of rotatable bonds is 49. The second-order valence-electron chi connectivity index (χ2n) is 18.0. The van der Waals surface area contributed by atoms with Gasteiger partial charge < -0.3 is 14.2 Å². The van der Waals surface area contributed by atoms with Crippen LogP contribution in [0.3, 0.4) is 0 Å². The molecule has 0 bridgehead atoms. The summed E-state index contributed by atoms with van der Waals surface area (Å²) in [5.41, 5.74) is 0. The molecule has 0 aromatic rings. The maximum absolute atomic E-state index is 12.8. The molecule has 0 radical (unpaired) electrons. The summed E-state index contributed by atoms with van der Waals surface area (Å²) in [6.45, 7) is 6.15. The summed E-state index contributed by atoms with van der Waals surface area (Å²) >= 11 is 0. The van der Waals surface area contributed by atoms with Gasteiger partial charge in [0.25, 0.3) is 0 Å². The Bertz CT molecular complexity index is 1850. The Morgan fingerprint density at radius 1 is 0.267 bits per heavy atom. The molecule has 1 atom stereocenters. The molecule has 0 saturated carbocycles. The summed E-state index contributed by atoms with van der Waals surface area (Å²) in [5.74, 6) is -1.09. The third kappa shape index (κ3) is 59.0. The van der Waals surface area contributed by atoms with Crippen molar-refractivity contribution in [2.45, 2.75) is 207 Å². The van der Waals surface area contributed by atoms with E-state index in [1.54, 1.807) is 0 Å². The van der Waals surface area contributed by atoms with E-state index >= 15 is 0 Å². The van der Waals surface area contributed by atoms with Crippen LogP contribution in [0.2, 0.25) is 0 Å². The lowest BCUT2D eigenvalue weighted by Crippen LogP contribution is -2.30.